The van der Waals surface area contributed by atoms with E-state index in [0.717, 1.165) is 16.8 Å². The molecule has 0 N–H and O–H groups in total. The molecule has 3 rings (SSSR count). The van der Waals surface area contributed by atoms with Gasteiger partial charge in [0.25, 0.3) is 0 Å². The Kier molecular flexibility index (Phi) is 3.16. The van der Waals surface area contributed by atoms with Crippen molar-refractivity contribution in [1.29, 1.82) is 0 Å². The summed E-state index contributed by atoms with van der Waals surface area (Å²) in [6, 6.07) is 6.11. The lowest BCUT2D eigenvalue weighted by atomic mass is 10.1. The number of fused-ring (bicyclic) bond motifs is 1. The van der Waals surface area contributed by atoms with Crippen molar-refractivity contribution in [2.45, 2.75) is 25.8 Å². The van der Waals surface area contributed by atoms with E-state index in [0.29, 0.717) is 0 Å². The van der Waals surface area contributed by atoms with E-state index in [9.17, 15) is 0 Å². The molecule has 0 saturated carbocycles. The summed E-state index contributed by atoms with van der Waals surface area (Å²) in [5.41, 5.74) is 2.19. The van der Waals surface area contributed by atoms with Gasteiger partial charge in [-0.05, 0) is 54.0 Å². The number of hydrogen-bond acceptors (Lipinski definition) is 2. The van der Waals surface area contributed by atoms with Crippen LogP contribution < -0.4 is 0 Å². The van der Waals surface area contributed by atoms with Crippen LogP contribution >= 0.6 is 15.9 Å². The summed E-state index contributed by atoms with van der Waals surface area (Å²) in [6.07, 6.45) is 6.18. The van der Waals surface area contributed by atoms with Crippen LogP contribution in [0.25, 0.3) is 5.65 Å². The first-order chi connectivity index (χ1) is 8.33. The number of nitrogens with zero attached hydrogens (tertiary/aromatic N) is 3. The van der Waals surface area contributed by atoms with Crippen molar-refractivity contribution >= 4 is 21.6 Å². The van der Waals surface area contributed by atoms with Crippen LogP contribution in [0.5, 0.6) is 0 Å². The Labute approximate surface area is 110 Å². The SMILES string of the molecule is Brc1cccc2nc(CN3CCCCC3)cn12. The fourth-order valence-electron chi connectivity index (χ4n) is 2.45. The minimum absolute atomic E-state index is 0.980. The van der Waals surface area contributed by atoms with Gasteiger partial charge in [-0.3, -0.25) is 9.30 Å². The van der Waals surface area contributed by atoms with E-state index < -0.39 is 0 Å². The second-order valence-corrected chi connectivity index (χ2v) is 5.46. The van der Waals surface area contributed by atoms with Crippen molar-refractivity contribution in [2.75, 3.05) is 13.1 Å². The zero-order chi connectivity index (χ0) is 11.7. The molecule has 1 saturated heterocycles. The molecule has 90 valence electrons. The summed E-state index contributed by atoms with van der Waals surface area (Å²) in [4.78, 5) is 7.16. The first kappa shape index (κ1) is 11.2. The lowest BCUT2D eigenvalue weighted by Gasteiger charge is -2.25. The molecule has 3 heterocycles. The second kappa shape index (κ2) is 4.78. The minimum atomic E-state index is 0.980. The van der Waals surface area contributed by atoms with Crippen LogP contribution in [0.3, 0.4) is 0 Å². The molecule has 0 spiro atoms. The van der Waals surface area contributed by atoms with Gasteiger partial charge in [0, 0.05) is 12.7 Å². The van der Waals surface area contributed by atoms with Crippen molar-refractivity contribution in [3.8, 4) is 0 Å². The predicted octanol–water partition coefficient (Wildman–Crippen LogP) is 3.08. The first-order valence-electron chi connectivity index (χ1n) is 6.18. The van der Waals surface area contributed by atoms with Crippen LogP contribution in [0.15, 0.2) is 29.0 Å². The average Bonchev–Trinajstić information content (AvgIpc) is 2.74. The summed E-state index contributed by atoms with van der Waals surface area (Å²) in [5.74, 6) is 0. The quantitative estimate of drug-likeness (QED) is 0.793. The minimum Gasteiger partial charge on any atom is -0.297 e. The summed E-state index contributed by atoms with van der Waals surface area (Å²) < 4.78 is 3.16. The molecule has 0 atom stereocenters. The van der Waals surface area contributed by atoms with Gasteiger partial charge in [-0.1, -0.05) is 12.5 Å². The number of rotatable bonds is 2. The van der Waals surface area contributed by atoms with E-state index in [2.05, 4.69) is 36.4 Å². The Morgan fingerprint density at radius 3 is 2.76 bits per heavy atom. The van der Waals surface area contributed by atoms with Crippen LogP contribution in [-0.4, -0.2) is 27.4 Å². The van der Waals surface area contributed by atoms with Crippen molar-refractivity contribution in [2.24, 2.45) is 0 Å². The summed E-state index contributed by atoms with van der Waals surface area (Å²) >= 11 is 3.54. The van der Waals surface area contributed by atoms with Crippen LogP contribution in [0.4, 0.5) is 0 Å². The van der Waals surface area contributed by atoms with Gasteiger partial charge in [-0.15, -0.1) is 0 Å². The number of hydrogen-bond donors (Lipinski definition) is 0. The van der Waals surface area contributed by atoms with Gasteiger partial charge in [-0.2, -0.15) is 0 Å². The molecule has 1 fully saturated rings. The zero-order valence-electron chi connectivity index (χ0n) is 9.77. The monoisotopic (exact) mass is 293 g/mol. The van der Waals surface area contributed by atoms with E-state index in [1.807, 2.05) is 18.2 Å². The number of imidazole rings is 1. The molecule has 0 amide bonds. The van der Waals surface area contributed by atoms with Crippen LogP contribution in [-0.2, 0) is 6.54 Å². The molecular formula is C13H16BrN3. The molecule has 2 aromatic rings. The van der Waals surface area contributed by atoms with Gasteiger partial charge in [0.2, 0.25) is 0 Å². The second-order valence-electron chi connectivity index (χ2n) is 4.65. The molecule has 4 heteroatoms. The van der Waals surface area contributed by atoms with Gasteiger partial charge >= 0.3 is 0 Å². The van der Waals surface area contributed by atoms with Gasteiger partial charge in [0.05, 0.1) is 10.3 Å². The molecule has 17 heavy (non-hydrogen) atoms. The molecule has 3 nitrogen and oxygen atoms in total. The zero-order valence-corrected chi connectivity index (χ0v) is 11.4. The Morgan fingerprint density at radius 2 is 2.00 bits per heavy atom. The normalized spacial score (nSPS) is 17.7. The third-order valence-corrected chi connectivity index (χ3v) is 3.97. The number of pyridine rings is 1. The fourth-order valence-corrected chi connectivity index (χ4v) is 2.89. The number of piperidine rings is 1. The highest BCUT2D eigenvalue weighted by Gasteiger charge is 2.12. The molecule has 1 aliphatic heterocycles. The van der Waals surface area contributed by atoms with Crippen LogP contribution in [0.1, 0.15) is 25.0 Å². The lowest BCUT2D eigenvalue weighted by molar-refractivity contribution is 0.219. The standard InChI is InChI=1S/C13H16BrN3/c14-12-5-4-6-13-15-11(10-17(12)13)9-16-7-2-1-3-8-16/h4-6,10H,1-3,7-9H2. The van der Waals surface area contributed by atoms with Crippen molar-refractivity contribution in [3.05, 3.63) is 34.7 Å². The smallest absolute Gasteiger partial charge is 0.137 e. The maximum Gasteiger partial charge on any atom is 0.137 e. The Hall–Kier alpha value is -0.870. The Bertz CT molecular complexity index is 514. The number of halogens is 1. The van der Waals surface area contributed by atoms with Gasteiger partial charge in [-0.25, -0.2) is 4.98 Å². The molecule has 0 radical (unpaired) electrons. The van der Waals surface area contributed by atoms with E-state index in [1.54, 1.807) is 0 Å². The predicted molar refractivity (Wildman–Crippen MR) is 72.0 cm³/mol. The molecule has 1 aliphatic rings. The van der Waals surface area contributed by atoms with E-state index in [4.69, 9.17) is 0 Å². The highest BCUT2D eigenvalue weighted by Crippen LogP contribution is 2.16. The van der Waals surface area contributed by atoms with Crippen molar-refractivity contribution in [3.63, 3.8) is 0 Å². The maximum atomic E-state index is 4.66. The molecule has 0 unspecified atom stereocenters. The molecule has 0 bridgehead atoms. The Balaban J connectivity index is 1.83. The van der Waals surface area contributed by atoms with Crippen LogP contribution in [0.2, 0.25) is 0 Å². The van der Waals surface area contributed by atoms with Crippen molar-refractivity contribution in [1.82, 2.24) is 14.3 Å². The van der Waals surface area contributed by atoms with Gasteiger partial charge in [0.1, 0.15) is 5.65 Å². The molecule has 0 aliphatic carbocycles. The first-order valence-corrected chi connectivity index (χ1v) is 6.97. The summed E-state index contributed by atoms with van der Waals surface area (Å²) in [6.45, 7) is 3.41. The number of aromatic nitrogens is 2. The summed E-state index contributed by atoms with van der Waals surface area (Å²) in [5, 5.41) is 0. The van der Waals surface area contributed by atoms with Gasteiger partial charge < -0.3 is 0 Å². The highest BCUT2D eigenvalue weighted by atomic mass is 79.9. The third-order valence-electron chi connectivity index (χ3n) is 3.33. The topological polar surface area (TPSA) is 20.5 Å². The maximum absolute atomic E-state index is 4.66. The third kappa shape index (κ3) is 2.38. The molecule has 2 aromatic heterocycles. The highest BCUT2D eigenvalue weighted by molar-refractivity contribution is 9.10. The lowest BCUT2D eigenvalue weighted by Crippen LogP contribution is -2.29. The van der Waals surface area contributed by atoms with E-state index >= 15 is 0 Å². The van der Waals surface area contributed by atoms with E-state index in [1.165, 1.54) is 38.0 Å². The Morgan fingerprint density at radius 1 is 1.18 bits per heavy atom. The molecular weight excluding hydrogens is 278 g/mol. The van der Waals surface area contributed by atoms with Crippen molar-refractivity contribution < 1.29 is 0 Å². The number of likely N-dealkylation sites (tertiary alicyclic amines) is 1. The fraction of sp³-hybridized carbons (Fsp3) is 0.462. The van der Waals surface area contributed by atoms with Gasteiger partial charge in [0.15, 0.2) is 0 Å². The van der Waals surface area contributed by atoms with E-state index in [-0.39, 0.29) is 0 Å². The average molecular weight is 294 g/mol. The molecule has 0 aromatic carbocycles. The largest absolute Gasteiger partial charge is 0.297 e. The van der Waals surface area contributed by atoms with Crippen LogP contribution in [0, 0.1) is 0 Å². The summed E-state index contributed by atoms with van der Waals surface area (Å²) in [7, 11) is 0.